The monoisotopic (exact) mass is 272 g/mol. The van der Waals surface area contributed by atoms with Crippen LogP contribution in [0.5, 0.6) is 0 Å². The highest BCUT2D eigenvalue weighted by Crippen LogP contribution is 2.37. The molecule has 1 aliphatic rings. The zero-order valence-electron chi connectivity index (χ0n) is 11.2. The van der Waals surface area contributed by atoms with Crippen molar-refractivity contribution in [2.75, 3.05) is 0 Å². The van der Waals surface area contributed by atoms with Gasteiger partial charge in [-0.2, -0.15) is 0 Å². The van der Waals surface area contributed by atoms with E-state index in [2.05, 4.69) is 4.98 Å². The van der Waals surface area contributed by atoms with E-state index < -0.39 is 12.0 Å². The van der Waals surface area contributed by atoms with Crippen molar-refractivity contribution in [1.82, 2.24) is 9.88 Å². The van der Waals surface area contributed by atoms with Crippen molar-refractivity contribution in [3.05, 3.63) is 36.0 Å². The summed E-state index contributed by atoms with van der Waals surface area (Å²) in [7, 11) is 0. The van der Waals surface area contributed by atoms with Crippen molar-refractivity contribution < 1.29 is 14.7 Å². The van der Waals surface area contributed by atoms with Crippen molar-refractivity contribution >= 4 is 22.8 Å². The smallest absolute Gasteiger partial charge is 0.331 e. The number of nitrogens with zero attached hydrogens (tertiary/aromatic N) is 1. The Balaban J connectivity index is 2.10. The van der Waals surface area contributed by atoms with Crippen LogP contribution in [0.4, 0.5) is 0 Å². The van der Waals surface area contributed by atoms with Crippen LogP contribution in [0.3, 0.4) is 0 Å². The molecule has 1 unspecified atom stereocenters. The molecular formula is C15H16N2O3. The van der Waals surface area contributed by atoms with Crippen LogP contribution in [0, 0.1) is 0 Å². The summed E-state index contributed by atoms with van der Waals surface area (Å²) in [4.78, 5) is 28.1. The molecule has 1 heterocycles. The Bertz CT molecular complexity index is 673. The minimum Gasteiger partial charge on any atom is -0.479 e. The summed E-state index contributed by atoms with van der Waals surface area (Å²) in [6.45, 7) is 1.43. The minimum absolute atomic E-state index is 0.0577. The first-order chi connectivity index (χ1) is 9.59. The van der Waals surface area contributed by atoms with Crippen LogP contribution in [0.1, 0.15) is 31.4 Å². The van der Waals surface area contributed by atoms with Crippen LogP contribution in [-0.4, -0.2) is 32.9 Å². The van der Waals surface area contributed by atoms with Crippen molar-refractivity contribution in [2.45, 2.75) is 31.8 Å². The van der Waals surface area contributed by atoms with Gasteiger partial charge in [0.25, 0.3) is 0 Å². The van der Waals surface area contributed by atoms with E-state index in [1.54, 1.807) is 6.20 Å². The summed E-state index contributed by atoms with van der Waals surface area (Å²) in [5.74, 6) is -1.18. The second kappa shape index (κ2) is 4.67. The Morgan fingerprint density at radius 2 is 2.05 bits per heavy atom. The molecule has 0 saturated heterocycles. The molecule has 104 valence electrons. The molecule has 5 heteroatoms. The number of amides is 1. The second-order valence-corrected chi connectivity index (χ2v) is 5.19. The van der Waals surface area contributed by atoms with Gasteiger partial charge in [0.2, 0.25) is 5.91 Å². The van der Waals surface area contributed by atoms with E-state index in [4.69, 9.17) is 0 Å². The summed E-state index contributed by atoms with van der Waals surface area (Å²) in [6.07, 6.45) is 3.46. The van der Waals surface area contributed by atoms with E-state index >= 15 is 0 Å². The van der Waals surface area contributed by atoms with Crippen molar-refractivity contribution in [3.8, 4) is 0 Å². The number of aromatic nitrogens is 1. The van der Waals surface area contributed by atoms with Crippen molar-refractivity contribution in [3.63, 3.8) is 0 Å². The lowest BCUT2D eigenvalue weighted by Gasteiger charge is -2.27. The summed E-state index contributed by atoms with van der Waals surface area (Å²) in [5, 5.41) is 10.4. The number of H-pyrrole nitrogens is 1. The highest BCUT2D eigenvalue weighted by molar-refractivity contribution is 5.91. The maximum Gasteiger partial charge on any atom is 0.331 e. The van der Waals surface area contributed by atoms with E-state index in [0.717, 1.165) is 23.7 Å². The Morgan fingerprint density at radius 1 is 1.35 bits per heavy atom. The van der Waals surface area contributed by atoms with Crippen molar-refractivity contribution in [1.29, 1.82) is 0 Å². The predicted molar refractivity (Wildman–Crippen MR) is 74.2 cm³/mol. The van der Waals surface area contributed by atoms with Crippen LogP contribution in [0.15, 0.2) is 30.5 Å². The van der Waals surface area contributed by atoms with Crippen LogP contribution >= 0.6 is 0 Å². The number of fused-ring (bicyclic) bond motifs is 1. The molecule has 3 rings (SSSR count). The number of nitrogens with one attached hydrogen (secondary N) is 1. The highest BCUT2D eigenvalue weighted by atomic mass is 16.4. The maximum absolute atomic E-state index is 11.9. The molecule has 2 N–H and O–H groups in total. The summed E-state index contributed by atoms with van der Waals surface area (Å²) >= 11 is 0. The lowest BCUT2D eigenvalue weighted by Crippen LogP contribution is -2.39. The molecule has 0 bridgehead atoms. The Morgan fingerprint density at radius 3 is 2.65 bits per heavy atom. The van der Waals surface area contributed by atoms with Gasteiger partial charge in [0.05, 0.1) is 0 Å². The number of benzene rings is 1. The average molecular weight is 272 g/mol. The fourth-order valence-electron chi connectivity index (χ4n) is 2.72. The molecule has 20 heavy (non-hydrogen) atoms. The van der Waals surface area contributed by atoms with Crippen LogP contribution in [-0.2, 0) is 9.59 Å². The number of carboxylic acid groups (broad SMARTS) is 1. The number of carbonyl (C=O) groups is 2. The zero-order valence-corrected chi connectivity index (χ0v) is 11.2. The van der Waals surface area contributed by atoms with Gasteiger partial charge in [-0.3, -0.25) is 4.79 Å². The third kappa shape index (κ3) is 2.05. The van der Waals surface area contributed by atoms with Gasteiger partial charge in [0.1, 0.15) is 0 Å². The third-order valence-electron chi connectivity index (χ3n) is 3.73. The van der Waals surface area contributed by atoms with Crippen LogP contribution < -0.4 is 0 Å². The minimum atomic E-state index is -0.989. The van der Waals surface area contributed by atoms with Gasteiger partial charge >= 0.3 is 5.97 Å². The normalized spacial score (nSPS) is 16.1. The fraction of sp³-hybridized carbons (Fsp3) is 0.333. The van der Waals surface area contributed by atoms with Crippen molar-refractivity contribution in [2.24, 2.45) is 0 Å². The summed E-state index contributed by atoms with van der Waals surface area (Å²) in [6, 6.07) is 6.67. The SMILES string of the molecule is CC(=O)N(C1CC1)C(C(=O)O)c1c[nH]c2ccccc12. The number of carboxylic acids is 1. The summed E-state index contributed by atoms with van der Waals surface area (Å²) < 4.78 is 0. The number of aliphatic carboxylic acids is 1. The predicted octanol–water partition coefficient (Wildman–Crippen LogP) is 2.30. The van der Waals surface area contributed by atoms with E-state index in [0.29, 0.717) is 5.56 Å². The van der Waals surface area contributed by atoms with Gasteiger partial charge < -0.3 is 15.0 Å². The van der Waals surface area contributed by atoms with Gasteiger partial charge in [-0.1, -0.05) is 18.2 Å². The molecule has 1 amide bonds. The first-order valence-corrected chi connectivity index (χ1v) is 6.67. The third-order valence-corrected chi connectivity index (χ3v) is 3.73. The molecule has 2 aromatic rings. The molecule has 0 aliphatic heterocycles. The zero-order chi connectivity index (χ0) is 14.3. The quantitative estimate of drug-likeness (QED) is 0.897. The first kappa shape index (κ1) is 12.7. The largest absolute Gasteiger partial charge is 0.479 e. The van der Waals surface area contributed by atoms with E-state index in [1.807, 2.05) is 24.3 Å². The molecule has 5 nitrogen and oxygen atoms in total. The van der Waals surface area contributed by atoms with Gasteiger partial charge in [0, 0.05) is 35.6 Å². The van der Waals surface area contributed by atoms with Crippen LogP contribution in [0.25, 0.3) is 10.9 Å². The van der Waals surface area contributed by atoms with E-state index in [1.165, 1.54) is 11.8 Å². The van der Waals surface area contributed by atoms with Gasteiger partial charge in [-0.05, 0) is 18.9 Å². The standard InChI is InChI=1S/C15H16N2O3/c1-9(18)17(10-6-7-10)14(15(19)20)12-8-16-13-5-3-2-4-11(12)13/h2-5,8,10,14,16H,6-7H2,1H3,(H,19,20). The Hall–Kier alpha value is -2.30. The topological polar surface area (TPSA) is 73.4 Å². The lowest BCUT2D eigenvalue weighted by atomic mass is 10.0. The molecule has 1 aromatic heterocycles. The molecular weight excluding hydrogens is 256 g/mol. The van der Waals surface area contributed by atoms with Gasteiger partial charge in [-0.15, -0.1) is 0 Å². The van der Waals surface area contributed by atoms with E-state index in [-0.39, 0.29) is 11.9 Å². The number of aromatic amines is 1. The van der Waals surface area contributed by atoms with E-state index in [9.17, 15) is 14.7 Å². The molecule has 1 atom stereocenters. The number of rotatable bonds is 4. The first-order valence-electron chi connectivity index (χ1n) is 6.67. The summed E-state index contributed by atoms with van der Waals surface area (Å²) in [5.41, 5.74) is 1.53. The number of hydrogen-bond acceptors (Lipinski definition) is 2. The average Bonchev–Trinajstić information content (AvgIpc) is 3.15. The number of carbonyl (C=O) groups excluding carboxylic acids is 1. The molecule has 1 fully saturated rings. The molecule has 1 aromatic carbocycles. The second-order valence-electron chi connectivity index (χ2n) is 5.19. The van der Waals surface area contributed by atoms with Crippen LogP contribution in [0.2, 0.25) is 0 Å². The lowest BCUT2D eigenvalue weighted by molar-refractivity contribution is -0.150. The number of hydrogen-bond donors (Lipinski definition) is 2. The van der Waals surface area contributed by atoms with Gasteiger partial charge in [-0.25, -0.2) is 4.79 Å². The highest BCUT2D eigenvalue weighted by Gasteiger charge is 2.40. The Labute approximate surface area is 116 Å². The maximum atomic E-state index is 11.9. The van der Waals surface area contributed by atoms with Gasteiger partial charge in [0.15, 0.2) is 6.04 Å². The number of para-hydroxylation sites is 1. The molecule has 1 aliphatic carbocycles. The molecule has 0 spiro atoms. The molecule has 1 saturated carbocycles. The fourth-order valence-corrected chi connectivity index (χ4v) is 2.72. The molecule has 0 radical (unpaired) electrons. The Kier molecular flexibility index (Phi) is 2.97.